The van der Waals surface area contributed by atoms with E-state index in [1.807, 2.05) is 0 Å². The molecule has 30 heavy (non-hydrogen) atoms. The standard InChI is InChI=1S/C20H14Cl2N4O4/c21-17-8-5-14(10-18(17)22)12-25-9-1-2-16(20(25)28)19(27)24-23-11-13-3-6-15(7-4-13)26(29)30/h1-11H,12H2,(H,24,27)/b23-11-. The fourth-order valence-electron chi connectivity index (χ4n) is 2.58. The Balaban J connectivity index is 1.71. The lowest BCUT2D eigenvalue weighted by molar-refractivity contribution is -0.384. The molecule has 3 rings (SSSR count). The third kappa shape index (κ3) is 5.11. The second kappa shape index (κ2) is 9.34. The second-order valence-corrected chi connectivity index (χ2v) is 6.97. The molecule has 1 amide bonds. The number of amides is 1. The van der Waals surface area contributed by atoms with Crippen LogP contribution in [0.25, 0.3) is 0 Å². The lowest BCUT2D eigenvalue weighted by Gasteiger charge is -2.08. The molecule has 0 saturated carbocycles. The Labute approximate surface area is 180 Å². The Morgan fingerprint density at radius 1 is 1.13 bits per heavy atom. The lowest BCUT2D eigenvalue weighted by atomic mass is 10.2. The number of pyridine rings is 1. The number of rotatable bonds is 6. The number of non-ortho nitro benzene ring substituents is 1. The summed E-state index contributed by atoms with van der Waals surface area (Å²) in [5.41, 5.74) is 2.94. The minimum absolute atomic E-state index is 0.0528. The average Bonchev–Trinajstić information content (AvgIpc) is 2.72. The molecule has 0 atom stereocenters. The van der Waals surface area contributed by atoms with E-state index in [2.05, 4.69) is 10.5 Å². The fraction of sp³-hybridized carbons (Fsp3) is 0.0500. The van der Waals surface area contributed by atoms with Crippen LogP contribution in [-0.2, 0) is 6.54 Å². The topological polar surface area (TPSA) is 107 Å². The Kier molecular flexibility index (Phi) is 6.61. The van der Waals surface area contributed by atoms with Gasteiger partial charge in [0.2, 0.25) is 0 Å². The summed E-state index contributed by atoms with van der Waals surface area (Å²) in [7, 11) is 0. The third-order valence-electron chi connectivity index (χ3n) is 4.09. The van der Waals surface area contributed by atoms with Crippen LogP contribution in [0.2, 0.25) is 10.0 Å². The quantitative estimate of drug-likeness (QED) is 0.353. The maximum Gasteiger partial charge on any atom is 0.276 e. The number of nitro groups is 1. The van der Waals surface area contributed by atoms with Gasteiger partial charge in [-0.1, -0.05) is 29.3 Å². The van der Waals surface area contributed by atoms with E-state index in [0.717, 1.165) is 5.56 Å². The van der Waals surface area contributed by atoms with E-state index in [9.17, 15) is 19.7 Å². The molecule has 152 valence electrons. The number of aromatic nitrogens is 1. The number of hydrazone groups is 1. The van der Waals surface area contributed by atoms with Gasteiger partial charge >= 0.3 is 0 Å². The summed E-state index contributed by atoms with van der Waals surface area (Å²) in [5.74, 6) is -0.679. The van der Waals surface area contributed by atoms with Gasteiger partial charge in [0.05, 0.1) is 27.7 Å². The van der Waals surface area contributed by atoms with Gasteiger partial charge < -0.3 is 4.57 Å². The maximum atomic E-state index is 12.6. The number of halogens is 2. The molecule has 0 fully saturated rings. The molecule has 0 spiro atoms. The van der Waals surface area contributed by atoms with Crippen molar-refractivity contribution < 1.29 is 9.72 Å². The van der Waals surface area contributed by atoms with Crippen LogP contribution >= 0.6 is 23.2 Å². The third-order valence-corrected chi connectivity index (χ3v) is 4.82. The predicted octanol–water partition coefficient (Wildman–Crippen LogP) is 3.88. The summed E-state index contributed by atoms with van der Waals surface area (Å²) in [6.07, 6.45) is 2.88. The smallest absolute Gasteiger partial charge is 0.276 e. The van der Waals surface area contributed by atoms with Gasteiger partial charge in [0.15, 0.2) is 0 Å². The molecular formula is C20H14Cl2N4O4. The molecule has 0 aliphatic rings. The molecule has 0 radical (unpaired) electrons. The van der Waals surface area contributed by atoms with E-state index in [1.165, 1.54) is 41.1 Å². The van der Waals surface area contributed by atoms with E-state index < -0.39 is 16.4 Å². The number of carbonyl (C=O) groups excluding carboxylic acids is 1. The molecule has 8 nitrogen and oxygen atoms in total. The van der Waals surface area contributed by atoms with Gasteiger partial charge in [-0.15, -0.1) is 0 Å². The zero-order valence-corrected chi connectivity index (χ0v) is 16.8. The van der Waals surface area contributed by atoms with Crippen LogP contribution in [0.3, 0.4) is 0 Å². The van der Waals surface area contributed by atoms with Crippen molar-refractivity contribution in [3.05, 3.63) is 108 Å². The minimum Gasteiger partial charge on any atom is -0.310 e. The highest BCUT2D eigenvalue weighted by atomic mass is 35.5. The number of hydrogen-bond donors (Lipinski definition) is 1. The van der Waals surface area contributed by atoms with Crippen molar-refractivity contribution >= 4 is 41.0 Å². The van der Waals surface area contributed by atoms with Gasteiger partial charge in [0.25, 0.3) is 17.2 Å². The largest absolute Gasteiger partial charge is 0.310 e. The van der Waals surface area contributed by atoms with Gasteiger partial charge in [-0.2, -0.15) is 5.10 Å². The number of benzene rings is 2. The Morgan fingerprint density at radius 3 is 2.53 bits per heavy atom. The summed E-state index contributed by atoms with van der Waals surface area (Å²) >= 11 is 11.9. The van der Waals surface area contributed by atoms with E-state index >= 15 is 0 Å². The van der Waals surface area contributed by atoms with Gasteiger partial charge in [-0.25, -0.2) is 5.43 Å². The number of carbonyl (C=O) groups is 1. The molecule has 0 aliphatic carbocycles. The Hall–Kier alpha value is -3.49. The molecular weight excluding hydrogens is 431 g/mol. The van der Waals surface area contributed by atoms with Crippen molar-refractivity contribution in [2.24, 2.45) is 5.10 Å². The molecule has 0 bridgehead atoms. The highest BCUT2D eigenvalue weighted by Gasteiger charge is 2.12. The molecule has 3 aromatic rings. The van der Waals surface area contributed by atoms with Gasteiger partial charge in [0, 0.05) is 18.3 Å². The number of nitrogens with one attached hydrogen (secondary N) is 1. The SMILES string of the molecule is O=C(N/N=C\c1ccc([N+](=O)[O-])cc1)c1cccn(Cc2ccc(Cl)c(Cl)c2)c1=O. The fourth-order valence-corrected chi connectivity index (χ4v) is 2.90. The lowest BCUT2D eigenvalue weighted by Crippen LogP contribution is -2.30. The monoisotopic (exact) mass is 444 g/mol. The van der Waals surface area contributed by atoms with Crippen molar-refractivity contribution in [1.82, 2.24) is 9.99 Å². The van der Waals surface area contributed by atoms with Crippen LogP contribution in [0, 0.1) is 10.1 Å². The molecule has 0 saturated heterocycles. The average molecular weight is 445 g/mol. The van der Waals surface area contributed by atoms with E-state index in [1.54, 1.807) is 30.5 Å². The molecule has 0 aliphatic heterocycles. The highest BCUT2D eigenvalue weighted by molar-refractivity contribution is 6.42. The van der Waals surface area contributed by atoms with Crippen LogP contribution in [0.1, 0.15) is 21.5 Å². The second-order valence-electron chi connectivity index (χ2n) is 6.15. The first-order valence-electron chi connectivity index (χ1n) is 8.56. The van der Waals surface area contributed by atoms with Gasteiger partial charge in [-0.05, 0) is 47.5 Å². The normalized spacial score (nSPS) is 10.9. The first-order chi connectivity index (χ1) is 14.3. The van der Waals surface area contributed by atoms with Crippen LogP contribution in [-0.4, -0.2) is 21.6 Å². The van der Waals surface area contributed by atoms with Crippen molar-refractivity contribution in [2.45, 2.75) is 6.54 Å². The Bertz CT molecular complexity index is 1190. The van der Waals surface area contributed by atoms with Crippen molar-refractivity contribution in [1.29, 1.82) is 0 Å². The van der Waals surface area contributed by atoms with Crippen LogP contribution in [0.5, 0.6) is 0 Å². The summed E-state index contributed by atoms with van der Waals surface area (Å²) < 4.78 is 1.37. The maximum absolute atomic E-state index is 12.6. The van der Waals surface area contributed by atoms with Crippen molar-refractivity contribution in [3.8, 4) is 0 Å². The summed E-state index contributed by atoms with van der Waals surface area (Å²) in [6, 6.07) is 13.6. The zero-order valence-electron chi connectivity index (χ0n) is 15.3. The van der Waals surface area contributed by atoms with Crippen LogP contribution in [0.4, 0.5) is 5.69 Å². The van der Waals surface area contributed by atoms with Gasteiger partial charge in [-0.3, -0.25) is 19.7 Å². The number of nitro benzene ring substituents is 1. The molecule has 0 unspecified atom stereocenters. The molecule has 10 heteroatoms. The van der Waals surface area contributed by atoms with Crippen molar-refractivity contribution in [2.75, 3.05) is 0 Å². The number of hydrogen-bond acceptors (Lipinski definition) is 5. The zero-order chi connectivity index (χ0) is 21.7. The predicted molar refractivity (Wildman–Crippen MR) is 114 cm³/mol. The van der Waals surface area contributed by atoms with Gasteiger partial charge in [0.1, 0.15) is 5.56 Å². The summed E-state index contributed by atoms with van der Waals surface area (Å²) in [5, 5.41) is 15.2. The number of nitrogens with zero attached hydrogens (tertiary/aromatic N) is 3. The molecule has 1 heterocycles. The summed E-state index contributed by atoms with van der Waals surface area (Å²) in [6.45, 7) is 0.211. The van der Waals surface area contributed by atoms with Crippen LogP contribution < -0.4 is 11.0 Å². The van der Waals surface area contributed by atoms with E-state index in [-0.39, 0.29) is 17.8 Å². The molecule has 2 aromatic carbocycles. The summed E-state index contributed by atoms with van der Waals surface area (Å²) in [4.78, 5) is 35.1. The first-order valence-corrected chi connectivity index (χ1v) is 9.32. The highest BCUT2D eigenvalue weighted by Crippen LogP contribution is 2.22. The van der Waals surface area contributed by atoms with E-state index in [4.69, 9.17) is 23.2 Å². The van der Waals surface area contributed by atoms with Crippen LogP contribution in [0.15, 0.2) is 70.7 Å². The van der Waals surface area contributed by atoms with Crippen molar-refractivity contribution in [3.63, 3.8) is 0 Å². The minimum atomic E-state index is -0.679. The molecule has 1 aromatic heterocycles. The first kappa shape index (κ1) is 21.2. The Morgan fingerprint density at radius 2 is 1.87 bits per heavy atom. The molecule has 1 N–H and O–H groups in total. The van der Waals surface area contributed by atoms with E-state index in [0.29, 0.717) is 15.6 Å².